The molecule has 0 atom stereocenters. The van der Waals surface area contributed by atoms with Gasteiger partial charge in [-0.25, -0.2) is 0 Å². The van der Waals surface area contributed by atoms with Gasteiger partial charge in [-0.1, -0.05) is 167 Å². The molecule has 0 saturated heterocycles. The number of hydrogen-bond donors (Lipinski definition) is 10. The van der Waals surface area contributed by atoms with Crippen molar-refractivity contribution >= 4 is 88.0 Å². The number of rotatable bonds is 34. The van der Waals surface area contributed by atoms with Crippen LogP contribution in [-0.4, -0.2) is 153 Å². The molecule has 25 heteroatoms. The maximum atomic E-state index is 11.1. The van der Waals surface area contributed by atoms with Crippen LogP contribution in [0.15, 0.2) is 0 Å². The normalized spacial score (nSPS) is 9.68. The molecule has 0 rings (SSSR count). The Kier molecular flexibility index (Phi) is 94.9. The molecule has 0 saturated carbocycles. The number of hydrogen-bond acceptors (Lipinski definition) is 15. The maximum Gasteiger partial charge on any atom is 0.222 e. The van der Waals surface area contributed by atoms with Crippen molar-refractivity contribution in [3.8, 4) is 0 Å². The Balaban J connectivity index is -0.0000000981. The highest BCUT2D eigenvalue weighted by Crippen LogP contribution is 1.98. The minimum Gasteiger partial charge on any atom is -0.356 e. The van der Waals surface area contributed by atoms with E-state index in [-0.39, 0.29) is 155 Å². The molecule has 100 heavy (non-hydrogen) atoms. The fourth-order valence-electron chi connectivity index (χ4n) is 5.30. The zero-order valence-electron chi connectivity index (χ0n) is 67.8. The molecule has 0 heterocycles. The first-order valence-corrected chi connectivity index (χ1v) is 36.0. The lowest BCUT2D eigenvalue weighted by atomic mass is 10.1. The zero-order chi connectivity index (χ0) is 79.9. The topological polar surface area (TPSA) is 376 Å². The highest BCUT2D eigenvalue weighted by atomic mass is 16.2. The third kappa shape index (κ3) is 105. The molecule has 0 aliphatic heterocycles. The first kappa shape index (κ1) is 117. The Morgan fingerprint density at radius 2 is 0.370 bits per heavy atom. The molecular formula is C75H152N10O15. The van der Waals surface area contributed by atoms with Crippen molar-refractivity contribution in [1.29, 1.82) is 0 Å². The van der Waals surface area contributed by atoms with Crippen LogP contribution in [0.1, 0.15) is 273 Å². The van der Waals surface area contributed by atoms with Crippen LogP contribution in [0.2, 0.25) is 0 Å². The first-order chi connectivity index (χ1) is 45.7. The van der Waals surface area contributed by atoms with Crippen molar-refractivity contribution < 1.29 is 71.9 Å². The van der Waals surface area contributed by atoms with Crippen LogP contribution in [0.5, 0.6) is 0 Å². The summed E-state index contributed by atoms with van der Waals surface area (Å²) in [5.41, 5.74) is 0. The first-order valence-electron chi connectivity index (χ1n) is 36.0. The van der Waals surface area contributed by atoms with Crippen molar-refractivity contribution in [3.63, 3.8) is 0 Å². The zero-order valence-corrected chi connectivity index (χ0v) is 67.8. The minimum absolute atomic E-state index is 0. The molecule has 0 spiro atoms. The summed E-state index contributed by atoms with van der Waals surface area (Å²) in [4.78, 5) is 161. The van der Waals surface area contributed by atoms with E-state index in [1.165, 1.54) is 20.8 Å². The largest absolute Gasteiger partial charge is 0.356 e. The molecule has 0 aromatic rings. The van der Waals surface area contributed by atoms with E-state index in [1.54, 1.807) is 0 Å². The van der Waals surface area contributed by atoms with Gasteiger partial charge >= 0.3 is 0 Å². The van der Waals surface area contributed by atoms with Gasteiger partial charge in [0.25, 0.3) is 0 Å². The Morgan fingerprint density at radius 3 is 0.500 bits per heavy atom. The summed E-state index contributed by atoms with van der Waals surface area (Å²) >= 11 is 0. The molecule has 0 fully saturated rings. The van der Waals surface area contributed by atoms with Crippen molar-refractivity contribution in [2.24, 2.45) is 59.2 Å². The van der Waals surface area contributed by atoms with Crippen LogP contribution >= 0.6 is 0 Å². The van der Waals surface area contributed by atoms with Crippen molar-refractivity contribution in [2.75, 3.05) is 65.4 Å². The summed E-state index contributed by atoms with van der Waals surface area (Å²) in [6, 6.07) is 0. The van der Waals surface area contributed by atoms with Gasteiger partial charge in [-0.2, -0.15) is 0 Å². The Labute approximate surface area is 608 Å². The smallest absolute Gasteiger partial charge is 0.222 e. The number of ketones is 5. The quantitative estimate of drug-likeness (QED) is 0.0286. The Hall–Kier alpha value is -6.95. The van der Waals surface area contributed by atoms with Gasteiger partial charge in [0.15, 0.2) is 0 Å². The van der Waals surface area contributed by atoms with Gasteiger partial charge < -0.3 is 53.2 Å². The molecular weight excluding hydrogens is 1280 g/mol. The predicted octanol–water partition coefficient (Wildman–Crippen LogP) is 9.78. The summed E-state index contributed by atoms with van der Waals surface area (Å²) in [6.45, 7) is 61.2. The predicted molar refractivity (Wildman–Crippen MR) is 409 cm³/mol. The van der Waals surface area contributed by atoms with Gasteiger partial charge in [-0.05, 0) is 61.3 Å². The van der Waals surface area contributed by atoms with Crippen LogP contribution in [0.4, 0.5) is 0 Å². The molecule has 0 radical (unpaired) electrons. The van der Waals surface area contributed by atoms with Crippen molar-refractivity contribution in [1.82, 2.24) is 53.2 Å². The van der Waals surface area contributed by atoms with Crippen molar-refractivity contribution in [3.05, 3.63) is 0 Å². The van der Waals surface area contributed by atoms with E-state index >= 15 is 0 Å². The number of Topliss-reactive ketones (excluding diaryl/α,β-unsaturated/α-hetero) is 5. The van der Waals surface area contributed by atoms with Gasteiger partial charge in [0, 0.05) is 170 Å². The van der Waals surface area contributed by atoms with Crippen LogP contribution in [0, 0.1) is 59.2 Å². The number of amides is 10. The molecule has 592 valence electrons. The van der Waals surface area contributed by atoms with Crippen molar-refractivity contribution in [2.45, 2.75) is 273 Å². The number of carbonyl (C=O) groups excluding carboxylic acids is 15. The molecule has 25 nitrogen and oxygen atoms in total. The van der Waals surface area contributed by atoms with E-state index in [2.05, 4.69) is 53.2 Å². The molecule has 0 aliphatic carbocycles. The van der Waals surface area contributed by atoms with Crippen LogP contribution in [0.3, 0.4) is 0 Å². The Morgan fingerprint density at radius 1 is 0.210 bits per heavy atom. The fourth-order valence-corrected chi connectivity index (χ4v) is 5.30. The summed E-state index contributed by atoms with van der Waals surface area (Å²) < 4.78 is 0. The van der Waals surface area contributed by atoms with E-state index in [0.717, 1.165) is 45.6 Å². The summed E-state index contributed by atoms with van der Waals surface area (Å²) in [5.74, 6) is 2.08. The molecule has 0 unspecified atom stereocenters. The molecule has 10 amide bonds. The lowest BCUT2D eigenvalue weighted by Gasteiger charge is -2.06. The second-order valence-corrected chi connectivity index (χ2v) is 25.9. The van der Waals surface area contributed by atoms with E-state index in [9.17, 15) is 71.9 Å². The lowest BCUT2D eigenvalue weighted by molar-refractivity contribution is -0.125. The SMILES string of the molecule is C.CC(=O)CCNC(=O)C(C)C.CC(=O)CCNC(=O)C(C)C.CC(=O)CCNC(=O)C(C)C.CCC(=O)CCNC(=O)C(C)C.CCCC(=O)CCNC(=O)C(C)C.CCCNC(=O)C(C)C.CCNC(=O)C(C)C.CCNC(=O)C(C)C.CCNC(=O)C(C)C.CCNC(=O)C(C)C. The molecule has 0 aromatic carbocycles. The highest BCUT2D eigenvalue weighted by Gasteiger charge is 2.11. The van der Waals surface area contributed by atoms with E-state index in [0.29, 0.717) is 77.7 Å². The third-order valence-corrected chi connectivity index (χ3v) is 11.9. The second-order valence-electron chi connectivity index (χ2n) is 25.9. The highest BCUT2D eigenvalue weighted by molar-refractivity contribution is 5.84. The van der Waals surface area contributed by atoms with E-state index in [1.807, 2.05) is 187 Å². The molecule has 0 aliphatic rings. The Bertz CT molecular complexity index is 2000. The van der Waals surface area contributed by atoms with Gasteiger partial charge in [0.05, 0.1) is 0 Å². The van der Waals surface area contributed by atoms with Crippen LogP contribution in [-0.2, 0) is 71.9 Å². The van der Waals surface area contributed by atoms with E-state index in [4.69, 9.17) is 0 Å². The summed E-state index contributed by atoms with van der Waals surface area (Å²) in [6.07, 6.45) is 5.28. The molecule has 0 bridgehead atoms. The van der Waals surface area contributed by atoms with Crippen LogP contribution in [0.25, 0.3) is 0 Å². The summed E-state index contributed by atoms with van der Waals surface area (Å²) in [5, 5.41) is 27.0. The maximum absolute atomic E-state index is 11.1. The molecule has 10 N–H and O–H groups in total. The third-order valence-electron chi connectivity index (χ3n) is 11.9. The average Bonchev–Trinajstić information content (AvgIpc) is 1.92. The standard InChI is InChI=1S/C10H19NO2.C9H17NO2.3C8H15NO2.C7H15NO.4C6H13NO.CH4/c1-4-5-9(12)6-7-11-10(13)8(2)3;1-4-8(11)5-6-10-9(12)7(2)3;3*1-6(2)8(11)9-5-4-7(3)10;1-4-5-8-7(9)6(2)3;4*1-4-7-6(8)5(2)3;/h8H,4-7H2,1-3H3,(H,11,13);7H,4-6H2,1-3H3,(H,10,12);3*6H,4-5H2,1-3H3,(H,9,11);6H,4-5H2,1-3H3,(H,8,9);4*5H,4H2,1-3H3,(H,7,8);1H4. The minimum atomic E-state index is 0. The second kappa shape index (κ2) is 81.0. The fraction of sp³-hybridized carbons (Fsp3) is 0.800. The monoisotopic (exact) mass is 1430 g/mol. The van der Waals surface area contributed by atoms with Crippen LogP contribution < -0.4 is 53.2 Å². The summed E-state index contributed by atoms with van der Waals surface area (Å²) in [7, 11) is 0. The number of carbonyl (C=O) groups is 15. The lowest BCUT2D eigenvalue weighted by Crippen LogP contribution is -2.29. The van der Waals surface area contributed by atoms with Gasteiger partial charge in [-0.15, -0.1) is 0 Å². The van der Waals surface area contributed by atoms with E-state index < -0.39 is 0 Å². The van der Waals surface area contributed by atoms with Gasteiger partial charge in [-0.3, -0.25) is 71.9 Å². The van der Waals surface area contributed by atoms with Gasteiger partial charge in [0.1, 0.15) is 28.9 Å². The molecule has 0 aromatic heterocycles. The average molecular weight is 1430 g/mol. The van der Waals surface area contributed by atoms with Gasteiger partial charge in [0.2, 0.25) is 59.1 Å². The number of nitrogens with one attached hydrogen (secondary N) is 10.